The van der Waals surface area contributed by atoms with Crippen LogP contribution in [0.2, 0.25) is 0 Å². The van der Waals surface area contributed by atoms with Crippen molar-refractivity contribution in [2.24, 2.45) is 0 Å². The number of para-hydroxylation sites is 2. The van der Waals surface area contributed by atoms with Gasteiger partial charge in [0.15, 0.2) is 12.2 Å². The SMILES string of the molecule is Cc1nc2ccccc2n1CCOCCNC(=O)[C@H](O)[C@@H](O)C(=O)N1CCNCC1. The molecule has 3 rings (SSSR count). The van der Waals surface area contributed by atoms with Crippen LogP contribution in [0.5, 0.6) is 0 Å². The molecule has 2 amide bonds. The number of nitrogens with one attached hydrogen (secondary N) is 2. The van der Waals surface area contributed by atoms with E-state index >= 15 is 0 Å². The van der Waals surface area contributed by atoms with Gasteiger partial charge in [0, 0.05) is 39.3 Å². The van der Waals surface area contributed by atoms with Gasteiger partial charge < -0.3 is 35.1 Å². The number of benzene rings is 1. The Hall–Kier alpha value is -2.53. The standard InChI is InChI=1S/C20H29N5O5/c1-14-23-15-4-2-3-5-16(15)25(14)11-13-30-12-8-22-19(28)17(26)18(27)20(29)24-9-6-21-7-10-24/h2-5,17-18,21,26-27H,6-13H2,1H3,(H,22,28)/t17-,18-/m1/s1. The maximum Gasteiger partial charge on any atom is 0.254 e. The number of rotatable bonds is 9. The number of aliphatic hydroxyl groups is 2. The van der Waals surface area contributed by atoms with E-state index in [1.807, 2.05) is 31.2 Å². The zero-order valence-corrected chi connectivity index (χ0v) is 17.1. The Balaban J connectivity index is 1.36. The molecule has 1 aliphatic rings. The number of imidazole rings is 1. The molecule has 2 aromatic rings. The Kier molecular flexibility index (Phi) is 7.75. The van der Waals surface area contributed by atoms with Gasteiger partial charge in [-0.05, 0) is 19.1 Å². The lowest BCUT2D eigenvalue weighted by atomic mass is 10.1. The summed E-state index contributed by atoms with van der Waals surface area (Å²) in [5, 5.41) is 25.5. The summed E-state index contributed by atoms with van der Waals surface area (Å²) in [5.74, 6) is -0.538. The van der Waals surface area contributed by atoms with Gasteiger partial charge >= 0.3 is 0 Å². The highest BCUT2D eigenvalue weighted by atomic mass is 16.5. The van der Waals surface area contributed by atoms with E-state index in [1.54, 1.807) is 0 Å². The molecule has 2 atom stereocenters. The van der Waals surface area contributed by atoms with Gasteiger partial charge in [-0.1, -0.05) is 12.1 Å². The molecular formula is C20H29N5O5. The van der Waals surface area contributed by atoms with Crippen molar-refractivity contribution in [2.45, 2.75) is 25.7 Å². The summed E-state index contributed by atoms with van der Waals surface area (Å²) in [6.07, 6.45) is -3.59. The largest absolute Gasteiger partial charge is 0.380 e. The molecule has 30 heavy (non-hydrogen) atoms. The Morgan fingerprint density at radius 2 is 1.93 bits per heavy atom. The minimum absolute atomic E-state index is 0.161. The van der Waals surface area contributed by atoms with E-state index in [1.165, 1.54) is 4.90 Å². The first kappa shape index (κ1) is 22.2. The molecule has 4 N–H and O–H groups in total. The minimum Gasteiger partial charge on any atom is -0.380 e. The molecule has 164 valence electrons. The average Bonchev–Trinajstić information content (AvgIpc) is 3.10. The molecule has 2 heterocycles. The van der Waals surface area contributed by atoms with Gasteiger partial charge in [0.25, 0.3) is 11.8 Å². The van der Waals surface area contributed by atoms with Crippen LogP contribution in [0.4, 0.5) is 0 Å². The number of aliphatic hydroxyl groups excluding tert-OH is 2. The monoisotopic (exact) mass is 419 g/mol. The van der Waals surface area contributed by atoms with Gasteiger partial charge in [-0.2, -0.15) is 0 Å². The number of piperazine rings is 1. The fourth-order valence-corrected chi connectivity index (χ4v) is 3.44. The van der Waals surface area contributed by atoms with Crippen LogP contribution in [-0.4, -0.2) is 94.6 Å². The number of carbonyl (C=O) groups excluding carboxylic acids is 2. The minimum atomic E-state index is -1.81. The fraction of sp³-hybridized carbons (Fsp3) is 0.550. The molecule has 1 aliphatic heterocycles. The fourth-order valence-electron chi connectivity index (χ4n) is 3.44. The predicted molar refractivity (Wildman–Crippen MR) is 110 cm³/mol. The van der Waals surface area contributed by atoms with Gasteiger partial charge in [-0.15, -0.1) is 0 Å². The van der Waals surface area contributed by atoms with E-state index in [4.69, 9.17) is 4.74 Å². The van der Waals surface area contributed by atoms with Crippen LogP contribution in [0.1, 0.15) is 5.82 Å². The number of hydrogen-bond acceptors (Lipinski definition) is 7. The summed E-state index contributed by atoms with van der Waals surface area (Å²) in [5.41, 5.74) is 1.98. The first-order chi connectivity index (χ1) is 14.5. The third kappa shape index (κ3) is 5.33. The van der Waals surface area contributed by atoms with Crippen LogP contribution in [0.3, 0.4) is 0 Å². The predicted octanol–water partition coefficient (Wildman–Crippen LogP) is -1.37. The van der Waals surface area contributed by atoms with Crippen molar-refractivity contribution < 1.29 is 24.5 Å². The smallest absolute Gasteiger partial charge is 0.254 e. The van der Waals surface area contributed by atoms with Gasteiger partial charge in [-0.25, -0.2) is 4.98 Å². The molecule has 0 saturated carbocycles. The lowest BCUT2D eigenvalue weighted by Gasteiger charge is -2.30. The summed E-state index contributed by atoms with van der Waals surface area (Å²) >= 11 is 0. The molecule has 10 nitrogen and oxygen atoms in total. The number of fused-ring (bicyclic) bond motifs is 1. The second kappa shape index (κ2) is 10.5. The number of carbonyl (C=O) groups is 2. The second-order valence-electron chi connectivity index (χ2n) is 7.17. The summed E-state index contributed by atoms with van der Waals surface area (Å²) in [4.78, 5) is 30.1. The van der Waals surface area contributed by atoms with Gasteiger partial charge in [-0.3, -0.25) is 9.59 Å². The molecule has 0 unspecified atom stereocenters. The van der Waals surface area contributed by atoms with Crippen LogP contribution in [-0.2, 0) is 20.9 Å². The Bertz CT molecular complexity index is 864. The van der Waals surface area contributed by atoms with Crippen molar-refractivity contribution in [1.29, 1.82) is 0 Å². The Morgan fingerprint density at radius 3 is 2.70 bits per heavy atom. The molecule has 0 bridgehead atoms. The van der Waals surface area contributed by atoms with Crippen LogP contribution in [0.25, 0.3) is 11.0 Å². The number of aryl methyl sites for hydroxylation is 1. The highest BCUT2D eigenvalue weighted by Gasteiger charge is 2.33. The first-order valence-electron chi connectivity index (χ1n) is 10.1. The maximum absolute atomic E-state index is 12.2. The molecule has 10 heteroatoms. The third-order valence-electron chi connectivity index (χ3n) is 5.10. The van der Waals surface area contributed by atoms with Gasteiger partial charge in [0.05, 0.1) is 24.2 Å². The summed E-state index contributed by atoms with van der Waals surface area (Å²) in [6, 6.07) is 7.87. The molecule has 0 radical (unpaired) electrons. The molecule has 1 fully saturated rings. The van der Waals surface area contributed by atoms with Crippen molar-refractivity contribution in [2.75, 3.05) is 45.9 Å². The first-order valence-corrected chi connectivity index (χ1v) is 10.1. The van der Waals surface area contributed by atoms with E-state index < -0.39 is 24.0 Å². The van der Waals surface area contributed by atoms with Crippen LogP contribution >= 0.6 is 0 Å². The number of amides is 2. The van der Waals surface area contributed by atoms with E-state index in [0.29, 0.717) is 39.3 Å². The molecule has 0 spiro atoms. The maximum atomic E-state index is 12.2. The summed E-state index contributed by atoms with van der Waals surface area (Å²) in [6.45, 7) is 5.51. The Morgan fingerprint density at radius 1 is 1.20 bits per heavy atom. The van der Waals surface area contributed by atoms with E-state index in [2.05, 4.69) is 20.2 Å². The highest BCUT2D eigenvalue weighted by Crippen LogP contribution is 2.15. The van der Waals surface area contributed by atoms with Crippen molar-refractivity contribution in [1.82, 2.24) is 25.1 Å². The zero-order chi connectivity index (χ0) is 21.5. The van der Waals surface area contributed by atoms with E-state index in [9.17, 15) is 19.8 Å². The van der Waals surface area contributed by atoms with Crippen molar-refractivity contribution in [3.63, 3.8) is 0 Å². The van der Waals surface area contributed by atoms with E-state index in [0.717, 1.165) is 16.9 Å². The lowest BCUT2D eigenvalue weighted by Crippen LogP contribution is -2.55. The van der Waals surface area contributed by atoms with Gasteiger partial charge in [0.1, 0.15) is 5.82 Å². The van der Waals surface area contributed by atoms with Crippen LogP contribution < -0.4 is 10.6 Å². The topological polar surface area (TPSA) is 129 Å². The normalized spacial score (nSPS) is 16.4. The van der Waals surface area contributed by atoms with Crippen molar-refractivity contribution >= 4 is 22.8 Å². The van der Waals surface area contributed by atoms with E-state index in [-0.39, 0.29) is 13.2 Å². The van der Waals surface area contributed by atoms with Crippen molar-refractivity contribution in [3.05, 3.63) is 30.1 Å². The summed E-state index contributed by atoms with van der Waals surface area (Å²) in [7, 11) is 0. The Labute approximate surface area is 174 Å². The number of ether oxygens (including phenoxy) is 1. The molecule has 0 aliphatic carbocycles. The summed E-state index contributed by atoms with van der Waals surface area (Å²) < 4.78 is 7.62. The number of nitrogens with zero attached hydrogens (tertiary/aromatic N) is 3. The molecule has 1 aromatic carbocycles. The average molecular weight is 419 g/mol. The highest BCUT2D eigenvalue weighted by molar-refractivity contribution is 5.90. The zero-order valence-electron chi connectivity index (χ0n) is 17.1. The second-order valence-corrected chi connectivity index (χ2v) is 7.17. The number of hydrogen-bond donors (Lipinski definition) is 4. The van der Waals surface area contributed by atoms with Crippen LogP contribution in [0.15, 0.2) is 24.3 Å². The quantitative estimate of drug-likeness (QED) is 0.369. The lowest BCUT2D eigenvalue weighted by molar-refractivity contribution is -0.153. The van der Waals surface area contributed by atoms with Crippen LogP contribution in [0, 0.1) is 6.92 Å². The molecular weight excluding hydrogens is 390 g/mol. The molecule has 1 aromatic heterocycles. The van der Waals surface area contributed by atoms with Crippen molar-refractivity contribution in [3.8, 4) is 0 Å². The third-order valence-corrected chi connectivity index (χ3v) is 5.10. The molecule has 1 saturated heterocycles. The van der Waals surface area contributed by atoms with Gasteiger partial charge in [0.2, 0.25) is 0 Å². The number of aromatic nitrogens is 2.